The summed E-state index contributed by atoms with van der Waals surface area (Å²) >= 11 is 0. The van der Waals surface area contributed by atoms with Crippen molar-refractivity contribution in [1.82, 2.24) is 15.3 Å². The Labute approximate surface area is 158 Å². The normalized spacial score (nSPS) is 10.6. The maximum absolute atomic E-state index is 12.6. The number of aromatic nitrogens is 2. The summed E-state index contributed by atoms with van der Waals surface area (Å²) < 4.78 is 0. The molecule has 0 aliphatic carbocycles. The fraction of sp³-hybridized carbons (Fsp3) is 0.238. The molecular formula is C21H22N4O2. The molecule has 6 nitrogen and oxygen atoms in total. The number of hydrogen-bond acceptors (Lipinski definition) is 4. The van der Waals surface area contributed by atoms with Crippen LogP contribution in [0.5, 0.6) is 0 Å². The van der Waals surface area contributed by atoms with Crippen molar-refractivity contribution in [2.75, 3.05) is 11.9 Å². The lowest BCUT2D eigenvalue weighted by atomic mass is 10.1. The highest BCUT2D eigenvalue weighted by Crippen LogP contribution is 2.21. The monoisotopic (exact) mass is 362 g/mol. The van der Waals surface area contributed by atoms with E-state index in [1.54, 1.807) is 18.3 Å². The van der Waals surface area contributed by atoms with Crippen molar-refractivity contribution in [1.29, 1.82) is 0 Å². The van der Waals surface area contributed by atoms with E-state index in [1.165, 1.54) is 12.3 Å². The summed E-state index contributed by atoms with van der Waals surface area (Å²) in [6, 6.07) is 12.5. The molecule has 2 N–H and O–H groups in total. The maximum Gasteiger partial charge on any atom is 0.274 e. The van der Waals surface area contributed by atoms with Crippen LogP contribution in [-0.4, -0.2) is 28.3 Å². The number of benzene rings is 1. The Morgan fingerprint density at radius 1 is 0.963 bits per heavy atom. The van der Waals surface area contributed by atoms with Gasteiger partial charge in [-0.1, -0.05) is 38.0 Å². The van der Waals surface area contributed by atoms with Gasteiger partial charge in [0.15, 0.2) is 0 Å². The summed E-state index contributed by atoms with van der Waals surface area (Å²) in [5.41, 5.74) is 1.92. The van der Waals surface area contributed by atoms with E-state index in [4.69, 9.17) is 0 Å². The zero-order valence-corrected chi connectivity index (χ0v) is 15.2. The summed E-state index contributed by atoms with van der Waals surface area (Å²) in [5.74, 6) is -0.580. The zero-order valence-electron chi connectivity index (χ0n) is 15.2. The highest BCUT2D eigenvalue weighted by atomic mass is 16.2. The molecule has 0 saturated carbocycles. The molecule has 0 unspecified atom stereocenters. The number of nitrogens with zero attached hydrogens (tertiary/aromatic N) is 2. The fourth-order valence-corrected chi connectivity index (χ4v) is 2.77. The Morgan fingerprint density at radius 3 is 2.67 bits per heavy atom. The van der Waals surface area contributed by atoms with Gasteiger partial charge in [0.25, 0.3) is 11.8 Å². The largest absolute Gasteiger partial charge is 0.352 e. The number of fused-ring (bicyclic) bond motifs is 1. The molecule has 0 saturated heterocycles. The minimum Gasteiger partial charge on any atom is -0.352 e. The van der Waals surface area contributed by atoms with Gasteiger partial charge in [-0.15, -0.1) is 0 Å². The lowest BCUT2D eigenvalue weighted by Crippen LogP contribution is -2.25. The van der Waals surface area contributed by atoms with Gasteiger partial charge in [0, 0.05) is 29.9 Å². The van der Waals surface area contributed by atoms with Crippen molar-refractivity contribution in [2.24, 2.45) is 0 Å². The molecule has 2 aromatic heterocycles. The molecule has 0 bridgehead atoms. The molecular weight excluding hydrogens is 340 g/mol. The maximum atomic E-state index is 12.6. The van der Waals surface area contributed by atoms with Crippen molar-refractivity contribution < 1.29 is 9.59 Å². The zero-order chi connectivity index (χ0) is 19.1. The molecule has 0 spiro atoms. The van der Waals surface area contributed by atoms with Crippen molar-refractivity contribution in [3.63, 3.8) is 0 Å². The predicted octanol–water partition coefficient (Wildman–Crippen LogP) is 3.80. The molecule has 2 amide bonds. The van der Waals surface area contributed by atoms with E-state index in [-0.39, 0.29) is 17.5 Å². The third kappa shape index (κ3) is 4.67. The van der Waals surface area contributed by atoms with Crippen LogP contribution in [0.3, 0.4) is 0 Å². The number of rotatable bonds is 7. The molecule has 3 rings (SSSR count). The van der Waals surface area contributed by atoms with Gasteiger partial charge < -0.3 is 10.6 Å². The smallest absolute Gasteiger partial charge is 0.274 e. The first-order valence-electron chi connectivity index (χ1n) is 9.08. The summed E-state index contributed by atoms with van der Waals surface area (Å²) in [6.45, 7) is 2.74. The van der Waals surface area contributed by atoms with E-state index in [0.29, 0.717) is 23.3 Å². The van der Waals surface area contributed by atoms with E-state index >= 15 is 0 Å². The number of hydrogen-bond donors (Lipinski definition) is 2. The molecule has 1 aromatic carbocycles. The van der Waals surface area contributed by atoms with Crippen LogP contribution < -0.4 is 10.6 Å². The quantitative estimate of drug-likeness (QED) is 0.626. The summed E-state index contributed by atoms with van der Waals surface area (Å²) in [6.07, 6.45) is 6.26. The van der Waals surface area contributed by atoms with Crippen LogP contribution in [0.2, 0.25) is 0 Å². The van der Waals surface area contributed by atoms with Gasteiger partial charge in [-0.2, -0.15) is 0 Å². The second-order valence-corrected chi connectivity index (χ2v) is 6.23. The Hall–Kier alpha value is -3.28. The summed E-state index contributed by atoms with van der Waals surface area (Å²) in [7, 11) is 0. The number of para-hydroxylation sites is 1. The van der Waals surface area contributed by atoms with Crippen LogP contribution in [0, 0.1) is 0 Å². The SMILES string of the molecule is CCCCCNC(=O)c1ccnc(C(=O)Nc2cccc3cccnc23)c1. The van der Waals surface area contributed by atoms with Gasteiger partial charge in [-0.05, 0) is 30.7 Å². The van der Waals surface area contributed by atoms with Crippen LogP contribution in [0.4, 0.5) is 5.69 Å². The third-order valence-electron chi connectivity index (χ3n) is 4.20. The van der Waals surface area contributed by atoms with Crippen LogP contribution in [0.1, 0.15) is 47.0 Å². The average Bonchev–Trinajstić information content (AvgIpc) is 2.71. The van der Waals surface area contributed by atoms with Gasteiger partial charge in [-0.3, -0.25) is 19.6 Å². The molecule has 0 fully saturated rings. The van der Waals surface area contributed by atoms with Gasteiger partial charge in [-0.25, -0.2) is 0 Å². The number of anilines is 1. The number of nitrogens with one attached hydrogen (secondary N) is 2. The minimum atomic E-state index is -0.381. The number of unbranched alkanes of at least 4 members (excludes halogenated alkanes) is 2. The molecule has 3 aromatic rings. The molecule has 0 aliphatic heterocycles. The number of carbonyl (C=O) groups excluding carboxylic acids is 2. The highest BCUT2D eigenvalue weighted by molar-refractivity contribution is 6.08. The standard InChI is InChI=1S/C21H22N4O2/c1-2-3-4-11-24-20(26)16-10-13-22-18(14-16)21(27)25-17-9-5-7-15-8-6-12-23-19(15)17/h5-10,12-14H,2-4,11H2,1H3,(H,24,26)(H,25,27). The fourth-order valence-electron chi connectivity index (χ4n) is 2.77. The first-order valence-corrected chi connectivity index (χ1v) is 9.08. The number of amides is 2. The van der Waals surface area contributed by atoms with E-state index in [1.807, 2.05) is 24.3 Å². The number of pyridine rings is 2. The molecule has 0 aliphatic rings. The minimum absolute atomic E-state index is 0.184. The molecule has 138 valence electrons. The molecule has 6 heteroatoms. The predicted molar refractivity (Wildman–Crippen MR) is 106 cm³/mol. The van der Waals surface area contributed by atoms with Gasteiger partial charge >= 0.3 is 0 Å². The highest BCUT2D eigenvalue weighted by Gasteiger charge is 2.13. The van der Waals surface area contributed by atoms with E-state index < -0.39 is 0 Å². The van der Waals surface area contributed by atoms with Crippen molar-refractivity contribution >= 4 is 28.4 Å². The third-order valence-corrected chi connectivity index (χ3v) is 4.20. The van der Waals surface area contributed by atoms with Crippen molar-refractivity contribution in [3.8, 4) is 0 Å². The van der Waals surface area contributed by atoms with Crippen LogP contribution in [-0.2, 0) is 0 Å². The van der Waals surface area contributed by atoms with Crippen molar-refractivity contribution in [2.45, 2.75) is 26.2 Å². The molecule has 0 radical (unpaired) electrons. The lowest BCUT2D eigenvalue weighted by molar-refractivity contribution is 0.0953. The Balaban J connectivity index is 1.72. The first-order chi connectivity index (χ1) is 13.2. The van der Waals surface area contributed by atoms with E-state index in [9.17, 15) is 9.59 Å². The Bertz CT molecular complexity index is 950. The summed E-state index contributed by atoms with van der Waals surface area (Å²) in [5, 5.41) is 6.63. The second kappa shape index (κ2) is 8.89. The average molecular weight is 362 g/mol. The van der Waals surface area contributed by atoms with Crippen molar-refractivity contribution in [3.05, 3.63) is 66.1 Å². The Morgan fingerprint density at radius 2 is 1.81 bits per heavy atom. The topological polar surface area (TPSA) is 84.0 Å². The molecule has 0 atom stereocenters. The van der Waals surface area contributed by atoms with Gasteiger partial charge in [0.1, 0.15) is 5.69 Å². The first kappa shape index (κ1) is 18.5. The molecule has 27 heavy (non-hydrogen) atoms. The van der Waals surface area contributed by atoms with Gasteiger partial charge in [0.2, 0.25) is 0 Å². The van der Waals surface area contributed by atoms with Crippen LogP contribution in [0.15, 0.2) is 54.9 Å². The van der Waals surface area contributed by atoms with Gasteiger partial charge in [0.05, 0.1) is 11.2 Å². The second-order valence-electron chi connectivity index (χ2n) is 6.23. The van der Waals surface area contributed by atoms with E-state index in [0.717, 1.165) is 24.6 Å². The Kier molecular flexibility index (Phi) is 6.10. The summed E-state index contributed by atoms with van der Waals surface area (Å²) in [4.78, 5) is 33.3. The molecule has 2 heterocycles. The number of carbonyl (C=O) groups is 2. The lowest BCUT2D eigenvalue weighted by Gasteiger charge is -2.09. The van der Waals surface area contributed by atoms with Crippen LogP contribution in [0.25, 0.3) is 10.9 Å². The van der Waals surface area contributed by atoms with E-state index in [2.05, 4.69) is 27.5 Å². The van der Waals surface area contributed by atoms with Crippen LogP contribution >= 0.6 is 0 Å².